The molecule has 0 aromatic carbocycles. The summed E-state index contributed by atoms with van der Waals surface area (Å²) in [6.07, 6.45) is -0.0999. The number of aliphatic imine (C=N–C) groups is 1. The van der Waals surface area contributed by atoms with Crippen LogP contribution >= 0.6 is 0 Å². The zero-order chi connectivity index (χ0) is 29.4. The fourth-order valence-corrected chi connectivity index (χ4v) is 3.01. The van der Waals surface area contributed by atoms with E-state index in [-0.39, 0.29) is 31.3 Å². The molecule has 4 amide bonds. The van der Waals surface area contributed by atoms with E-state index in [9.17, 15) is 28.8 Å². The number of aliphatic hydroxyl groups is 1. The van der Waals surface area contributed by atoms with Gasteiger partial charge in [0.2, 0.25) is 23.6 Å². The highest BCUT2D eigenvalue weighted by Crippen LogP contribution is 2.07. The molecule has 17 heteroatoms. The van der Waals surface area contributed by atoms with Gasteiger partial charge in [0.1, 0.15) is 18.1 Å². The SMILES string of the molecule is CC(C)C[C@H](NC(=O)[C@@H](N)CCCN=C(N)N)C(=O)N[C@@H](CC(=O)O)C(=O)NCC(=O)N[C@@H](CO)C(=O)O. The first-order chi connectivity index (χ1) is 17.7. The predicted molar refractivity (Wildman–Crippen MR) is 133 cm³/mol. The molecule has 0 spiro atoms. The Labute approximate surface area is 219 Å². The Kier molecular flexibility index (Phi) is 15.6. The molecule has 0 aromatic rings. The molecule has 0 aliphatic rings. The van der Waals surface area contributed by atoms with Gasteiger partial charge in [-0.05, 0) is 25.2 Å². The van der Waals surface area contributed by atoms with Crippen LogP contribution in [0.5, 0.6) is 0 Å². The van der Waals surface area contributed by atoms with Crippen LogP contribution in [0.2, 0.25) is 0 Å². The monoisotopic (exact) mass is 546 g/mol. The molecular weight excluding hydrogens is 508 g/mol. The first-order valence-electron chi connectivity index (χ1n) is 11.7. The summed E-state index contributed by atoms with van der Waals surface area (Å²) in [6.45, 7) is 2.15. The van der Waals surface area contributed by atoms with Crippen LogP contribution in [0.25, 0.3) is 0 Å². The number of nitrogens with one attached hydrogen (secondary N) is 4. The number of aliphatic carboxylic acids is 2. The van der Waals surface area contributed by atoms with E-state index in [1.807, 2.05) is 5.32 Å². The lowest BCUT2D eigenvalue weighted by Gasteiger charge is -2.24. The van der Waals surface area contributed by atoms with Gasteiger partial charge in [-0.25, -0.2) is 4.79 Å². The van der Waals surface area contributed by atoms with Crippen LogP contribution in [0.3, 0.4) is 0 Å². The van der Waals surface area contributed by atoms with Crippen LogP contribution in [0.4, 0.5) is 0 Å². The van der Waals surface area contributed by atoms with Crippen LogP contribution in [-0.4, -0.2) is 101 Å². The molecule has 0 aliphatic heterocycles. The third-order valence-electron chi connectivity index (χ3n) is 4.90. The summed E-state index contributed by atoms with van der Waals surface area (Å²) >= 11 is 0. The summed E-state index contributed by atoms with van der Waals surface area (Å²) in [7, 11) is 0. The molecule has 0 radical (unpaired) electrons. The first-order valence-corrected chi connectivity index (χ1v) is 11.7. The number of carboxylic acids is 2. The van der Waals surface area contributed by atoms with Crippen molar-refractivity contribution in [3.63, 3.8) is 0 Å². The van der Waals surface area contributed by atoms with Crippen molar-refractivity contribution < 1.29 is 44.1 Å². The topological polar surface area (TPSA) is 302 Å². The quantitative estimate of drug-likeness (QED) is 0.0442. The lowest BCUT2D eigenvalue weighted by Crippen LogP contribution is -2.57. The molecule has 0 fully saturated rings. The van der Waals surface area contributed by atoms with Crippen molar-refractivity contribution in [2.45, 2.75) is 63.7 Å². The molecule has 0 aromatic heterocycles. The van der Waals surface area contributed by atoms with Crippen molar-refractivity contribution in [3.05, 3.63) is 0 Å². The number of carbonyl (C=O) groups is 6. The number of aliphatic hydroxyl groups excluding tert-OH is 1. The van der Waals surface area contributed by atoms with Crippen molar-refractivity contribution in [3.8, 4) is 0 Å². The Morgan fingerprint density at radius 3 is 1.97 bits per heavy atom. The van der Waals surface area contributed by atoms with Gasteiger partial charge < -0.3 is 53.8 Å². The van der Waals surface area contributed by atoms with Gasteiger partial charge in [-0.15, -0.1) is 0 Å². The van der Waals surface area contributed by atoms with Crippen molar-refractivity contribution >= 4 is 41.5 Å². The van der Waals surface area contributed by atoms with E-state index in [1.54, 1.807) is 13.8 Å². The Balaban J connectivity index is 5.27. The fourth-order valence-electron chi connectivity index (χ4n) is 3.01. The van der Waals surface area contributed by atoms with Crippen molar-refractivity contribution in [1.82, 2.24) is 21.3 Å². The Hall–Kier alpha value is -3.99. The van der Waals surface area contributed by atoms with E-state index in [0.717, 1.165) is 0 Å². The van der Waals surface area contributed by atoms with Gasteiger partial charge in [0.25, 0.3) is 0 Å². The van der Waals surface area contributed by atoms with E-state index in [1.165, 1.54) is 0 Å². The van der Waals surface area contributed by atoms with Gasteiger partial charge in [-0.3, -0.25) is 29.0 Å². The lowest BCUT2D eigenvalue weighted by molar-refractivity contribution is -0.143. The smallest absolute Gasteiger partial charge is 0.328 e. The molecule has 0 heterocycles. The van der Waals surface area contributed by atoms with Gasteiger partial charge in [0.15, 0.2) is 5.96 Å². The summed E-state index contributed by atoms with van der Waals surface area (Å²) in [4.78, 5) is 75.7. The first kappa shape index (κ1) is 34.0. The van der Waals surface area contributed by atoms with Gasteiger partial charge in [-0.1, -0.05) is 13.8 Å². The number of carboxylic acid groups (broad SMARTS) is 2. The lowest BCUT2D eigenvalue weighted by atomic mass is 10.0. The Morgan fingerprint density at radius 1 is 0.868 bits per heavy atom. The number of rotatable bonds is 18. The summed E-state index contributed by atoms with van der Waals surface area (Å²) < 4.78 is 0. The highest BCUT2D eigenvalue weighted by atomic mass is 16.4. The summed E-state index contributed by atoms with van der Waals surface area (Å²) in [5, 5.41) is 35.8. The maximum atomic E-state index is 12.9. The predicted octanol–water partition coefficient (Wildman–Crippen LogP) is -4.46. The van der Waals surface area contributed by atoms with Gasteiger partial charge in [-0.2, -0.15) is 0 Å². The minimum Gasteiger partial charge on any atom is -0.481 e. The third-order valence-corrected chi connectivity index (χ3v) is 4.90. The molecule has 0 saturated heterocycles. The molecule has 0 rings (SSSR count). The molecular formula is C21H38N8O9. The number of guanidine groups is 1. The van der Waals surface area contributed by atoms with E-state index in [4.69, 9.17) is 32.5 Å². The number of nitrogens with zero attached hydrogens (tertiary/aromatic N) is 1. The van der Waals surface area contributed by atoms with Crippen LogP contribution in [0.15, 0.2) is 4.99 Å². The zero-order valence-electron chi connectivity index (χ0n) is 21.3. The van der Waals surface area contributed by atoms with Crippen molar-refractivity contribution in [2.24, 2.45) is 28.1 Å². The highest BCUT2D eigenvalue weighted by molar-refractivity contribution is 5.95. The van der Waals surface area contributed by atoms with Crippen LogP contribution < -0.4 is 38.5 Å². The number of amides is 4. The largest absolute Gasteiger partial charge is 0.481 e. The maximum absolute atomic E-state index is 12.9. The summed E-state index contributed by atoms with van der Waals surface area (Å²) in [6, 6.07) is -5.37. The molecule has 4 atom stereocenters. The molecule has 216 valence electrons. The van der Waals surface area contributed by atoms with Crippen molar-refractivity contribution in [2.75, 3.05) is 19.7 Å². The minimum atomic E-state index is -1.62. The maximum Gasteiger partial charge on any atom is 0.328 e. The standard InChI is InChI=1S/C21H38N8O9/c1-10(2)6-12(28-17(34)11(22)4-3-5-25-21(23)24)19(36)29-13(7-16(32)33)18(35)26-8-15(31)27-14(9-30)20(37)38/h10-14,30H,3-9,22H2,1-2H3,(H,26,35)(H,27,31)(H,28,34)(H,29,36)(H,32,33)(H,37,38)(H4,23,24,25)/t11-,12-,13-,14-/m0/s1. The van der Waals surface area contributed by atoms with Crippen LogP contribution in [0.1, 0.15) is 39.5 Å². The molecule has 38 heavy (non-hydrogen) atoms. The molecule has 0 aliphatic carbocycles. The summed E-state index contributed by atoms with van der Waals surface area (Å²) in [5.41, 5.74) is 16.3. The van der Waals surface area contributed by atoms with Gasteiger partial charge in [0, 0.05) is 6.54 Å². The number of hydrogen-bond donors (Lipinski definition) is 10. The normalized spacial score (nSPS) is 13.8. The average Bonchev–Trinajstić information content (AvgIpc) is 2.81. The summed E-state index contributed by atoms with van der Waals surface area (Å²) in [5.74, 6) is -6.65. The van der Waals surface area contributed by atoms with Gasteiger partial charge in [0.05, 0.1) is 25.6 Å². The zero-order valence-corrected chi connectivity index (χ0v) is 21.3. The Morgan fingerprint density at radius 2 is 1.47 bits per heavy atom. The number of nitrogens with two attached hydrogens (primary N) is 3. The van der Waals surface area contributed by atoms with E-state index in [0.29, 0.717) is 6.42 Å². The second-order valence-corrected chi connectivity index (χ2v) is 8.76. The molecule has 0 bridgehead atoms. The molecule has 17 nitrogen and oxygen atoms in total. The number of hydrogen-bond acceptors (Lipinski definition) is 9. The van der Waals surface area contributed by atoms with Crippen LogP contribution in [0, 0.1) is 5.92 Å². The third kappa shape index (κ3) is 14.5. The molecule has 0 saturated carbocycles. The van der Waals surface area contributed by atoms with E-state index < -0.39 is 79.3 Å². The van der Waals surface area contributed by atoms with E-state index in [2.05, 4.69) is 20.9 Å². The van der Waals surface area contributed by atoms with Crippen molar-refractivity contribution in [1.29, 1.82) is 0 Å². The second-order valence-electron chi connectivity index (χ2n) is 8.76. The number of carbonyl (C=O) groups excluding carboxylic acids is 4. The molecule has 0 unspecified atom stereocenters. The van der Waals surface area contributed by atoms with Gasteiger partial charge >= 0.3 is 11.9 Å². The molecule has 13 N–H and O–H groups in total. The minimum absolute atomic E-state index is 0.0895. The second kappa shape index (κ2) is 17.5. The highest BCUT2D eigenvalue weighted by Gasteiger charge is 2.30. The average molecular weight is 547 g/mol. The van der Waals surface area contributed by atoms with Crippen LogP contribution in [-0.2, 0) is 28.8 Å². The van der Waals surface area contributed by atoms with E-state index >= 15 is 0 Å². The fraction of sp³-hybridized carbons (Fsp3) is 0.667. The Bertz CT molecular complexity index is 877.